The van der Waals surface area contributed by atoms with Crippen LogP contribution in [0.15, 0.2) is 18.3 Å². The fourth-order valence-corrected chi connectivity index (χ4v) is 4.37. The summed E-state index contributed by atoms with van der Waals surface area (Å²) >= 11 is 0. The fourth-order valence-electron chi connectivity index (χ4n) is 4.37. The first-order valence-electron chi connectivity index (χ1n) is 10.4. The summed E-state index contributed by atoms with van der Waals surface area (Å²) in [6.45, 7) is 10.0. The number of fused-ring (bicyclic) bond motifs is 1. The number of rotatable bonds is 5. The van der Waals surface area contributed by atoms with E-state index in [1.54, 1.807) is 13.1 Å². The van der Waals surface area contributed by atoms with E-state index in [1.807, 2.05) is 6.92 Å². The Kier molecular flexibility index (Phi) is 5.96. The molecule has 1 atom stereocenters. The van der Waals surface area contributed by atoms with Gasteiger partial charge in [0.1, 0.15) is 11.4 Å². The smallest absolute Gasteiger partial charge is 0.341 e. The minimum atomic E-state index is -0.413. The van der Waals surface area contributed by atoms with E-state index in [2.05, 4.69) is 14.8 Å². The van der Waals surface area contributed by atoms with Gasteiger partial charge < -0.3 is 14.4 Å². The molecule has 0 amide bonds. The molecule has 2 aliphatic heterocycles. The number of carbonyl (C=O) groups is 1. The molecule has 1 aromatic heterocycles. The van der Waals surface area contributed by atoms with Crippen molar-refractivity contribution in [2.24, 2.45) is 5.92 Å². The third kappa shape index (κ3) is 4.21. The molecule has 0 saturated carbocycles. The summed E-state index contributed by atoms with van der Waals surface area (Å²) in [4.78, 5) is 21.7. The highest BCUT2D eigenvalue weighted by Crippen LogP contribution is 2.33. The van der Waals surface area contributed by atoms with Crippen molar-refractivity contribution in [1.29, 1.82) is 0 Å². The predicted octanol–water partition coefficient (Wildman–Crippen LogP) is 3.02. The molecule has 7 heteroatoms. The molecule has 0 radical (unpaired) electrons. The van der Waals surface area contributed by atoms with E-state index in [-0.39, 0.29) is 12.4 Å². The Bertz CT molecular complexity index is 890. The molecule has 29 heavy (non-hydrogen) atoms. The Morgan fingerprint density at radius 1 is 1.31 bits per heavy atom. The van der Waals surface area contributed by atoms with Gasteiger partial charge in [-0.05, 0) is 43.9 Å². The number of nitrogens with zero attached hydrogens (tertiary/aromatic N) is 3. The van der Waals surface area contributed by atoms with Gasteiger partial charge in [0, 0.05) is 50.9 Å². The third-order valence-corrected chi connectivity index (χ3v) is 5.82. The van der Waals surface area contributed by atoms with E-state index in [4.69, 9.17) is 9.47 Å². The zero-order chi connectivity index (χ0) is 20.4. The van der Waals surface area contributed by atoms with Gasteiger partial charge in [-0.2, -0.15) is 0 Å². The summed E-state index contributed by atoms with van der Waals surface area (Å²) in [7, 11) is 0. The van der Waals surface area contributed by atoms with Crippen molar-refractivity contribution in [3.8, 4) is 0 Å². The highest BCUT2D eigenvalue weighted by Gasteiger charge is 2.27. The molecule has 156 valence electrons. The maximum Gasteiger partial charge on any atom is 0.341 e. The van der Waals surface area contributed by atoms with Gasteiger partial charge in [-0.1, -0.05) is 0 Å². The molecule has 2 saturated heterocycles. The minimum Gasteiger partial charge on any atom is -0.462 e. The van der Waals surface area contributed by atoms with Crippen LogP contribution < -0.4 is 4.90 Å². The van der Waals surface area contributed by atoms with E-state index in [0.29, 0.717) is 16.9 Å². The second kappa shape index (κ2) is 8.63. The maximum atomic E-state index is 14.2. The van der Waals surface area contributed by atoms with Crippen molar-refractivity contribution in [1.82, 2.24) is 9.88 Å². The highest BCUT2D eigenvalue weighted by molar-refractivity contribution is 6.06. The highest BCUT2D eigenvalue weighted by atomic mass is 19.1. The van der Waals surface area contributed by atoms with E-state index >= 15 is 0 Å². The van der Waals surface area contributed by atoms with Crippen molar-refractivity contribution in [2.75, 3.05) is 57.4 Å². The summed E-state index contributed by atoms with van der Waals surface area (Å²) in [6.07, 6.45) is 2.70. The number of anilines is 1. The summed E-state index contributed by atoms with van der Waals surface area (Å²) in [5.74, 6) is -0.126. The van der Waals surface area contributed by atoms with Crippen LogP contribution in [-0.4, -0.2) is 68.4 Å². The molecule has 4 rings (SSSR count). The Labute approximate surface area is 170 Å². The second-order valence-corrected chi connectivity index (χ2v) is 7.88. The first-order chi connectivity index (χ1) is 14.1. The number of aryl methyl sites for hydroxylation is 1. The summed E-state index contributed by atoms with van der Waals surface area (Å²) in [5, 5.41) is 0.672. The van der Waals surface area contributed by atoms with Crippen LogP contribution in [-0.2, 0) is 9.47 Å². The van der Waals surface area contributed by atoms with Crippen LogP contribution >= 0.6 is 0 Å². The molecule has 0 bridgehead atoms. The molecule has 2 aromatic rings. The van der Waals surface area contributed by atoms with Crippen molar-refractivity contribution in [2.45, 2.75) is 20.3 Å². The first kappa shape index (κ1) is 20.0. The predicted molar refractivity (Wildman–Crippen MR) is 110 cm³/mol. The molecule has 0 spiro atoms. The van der Waals surface area contributed by atoms with Crippen molar-refractivity contribution in [3.63, 3.8) is 0 Å². The number of aromatic nitrogens is 1. The molecule has 6 nitrogen and oxygen atoms in total. The van der Waals surface area contributed by atoms with Crippen LogP contribution in [0.25, 0.3) is 10.9 Å². The summed E-state index contributed by atoms with van der Waals surface area (Å²) in [6, 6.07) is 2.96. The lowest BCUT2D eigenvalue weighted by atomic mass is 10.0. The zero-order valence-electron chi connectivity index (χ0n) is 17.1. The number of esters is 1. The minimum absolute atomic E-state index is 0.287. The normalized spacial score (nSPS) is 20.4. The van der Waals surface area contributed by atoms with Crippen LogP contribution in [0.4, 0.5) is 10.1 Å². The van der Waals surface area contributed by atoms with Gasteiger partial charge >= 0.3 is 5.97 Å². The van der Waals surface area contributed by atoms with Crippen molar-refractivity contribution in [3.05, 3.63) is 35.3 Å². The van der Waals surface area contributed by atoms with Gasteiger partial charge in [-0.25, -0.2) is 9.18 Å². The Hall–Kier alpha value is -2.25. The quantitative estimate of drug-likeness (QED) is 0.718. The molecule has 1 aromatic carbocycles. The van der Waals surface area contributed by atoms with Gasteiger partial charge in [-0.3, -0.25) is 9.88 Å². The van der Waals surface area contributed by atoms with Gasteiger partial charge in [0.25, 0.3) is 0 Å². The van der Waals surface area contributed by atoms with E-state index in [1.165, 1.54) is 12.1 Å². The van der Waals surface area contributed by atoms with E-state index in [9.17, 15) is 9.18 Å². The number of benzene rings is 1. The molecular weight excluding hydrogens is 373 g/mol. The van der Waals surface area contributed by atoms with Crippen molar-refractivity contribution < 1.29 is 18.7 Å². The standard InChI is InChI=1S/C22H28FN3O3/c1-3-29-22(27)19-12-24-20-15(2)10-17(23)11-18(20)21(19)26-7-5-25(6-8-26)13-16-4-9-28-14-16/h10-12,16H,3-9,13-14H2,1-2H3. The molecule has 2 fully saturated rings. The lowest BCUT2D eigenvalue weighted by Crippen LogP contribution is -2.48. The average Bonchev–Trinajstić information content (AvgIpc) is 3.21. The first-order valence-corrected chi connectivity index (χ1v) is 10.4. The van der Waals surface area contributed by atoms with Gasteiger partial charge in [0.15, 0.2) is 0 Å². The monoisotopic (exact) mass is 401 g/mol. The average molecular weight is 401 g/mol. The molecule has 3 heterocycles. The molecule has 1 unspecified atom stereocenters. The summed E-state index contributed by atoms with van der Waals surface area (Å²) in [5.41, 5.74) is 2.62. The van der Waals surface area contributed by atoms with Gasteiger partial charge in [-0.15, -0.1) is 0 Å². The SMILES string of the molecule is CCOC(=O)c1cnc2c(C)cc(F)cc2c1N1CCN(CC2CCOC2)CC1. The Morgan fingerprint density at radius 3 is 2.79 bits per heavy atom. The number of hydrogen-bond acceptors (Lipinski definition) is 6. The number of hydrogen-bond donors (Lipinski definition) is 0. The van der Waals surface area contributed by atoms with E-state index in [0.717, 1.165) is 69.1 Å². The Balaban J connectivity index is 1.64. The number of ether oxygens (including phenoxy) is 2. The lowest BCUT2D eigenvalue weighted by Gasteiger charge is -2.38. The van der Waals surface area contributed by atoms with E-state index < -0.39 is 5.97 Å². The molecular formula is C22H28FN3O3. The van der Waals surface area contributed by atoms with Crippen LogP contribution in [0.2, 0.25) is 0 Å². The fraction of sp³-hybridized carbons (Fsp3) is 0.545. The number of piperazine rings is 1. The third-order valence-electron chi connectivity index (χ3n) is 5.82. The molecule has 2 aliphatic rings. The second-order valence-electron chi connectivity index (χ2n) is 7.88. The topological polar surface area (TPSA) is 54.9 Å². The molecule has 0 aliphatic carbocycles. The summed E-state index contributed by atoms with van der Waals surface area (Å²) < 4.78 is 25.0. The van der Waals surface area contributed by atoms with Gasteiger partial charge in [0.05, 0.1) is 24.4 Å². The van der Waals surface area contributed by atoms with Crippen molar-refractivity contribution >= 4 is 22.6 Å². The zero-order valence-corrected chi connectivity index (χ0v) is 17.1. The number of carbonyl (C=O) groups excluding carboxylic acids is 1. The number of pyridine rings is 1. The lowest BCUT2D eigenvalue weighted by molar-refractivity contribution is 0.0526. The largest absolute Gasteiger partial charge is 0.462 e. The number of halogens is 1. The molecule has 0 N–H and O–H groups in total. The van der Waals surface area contributed by atoms with Gasteiger partial charge in [0.2, 0.25) is 0 Å². The van der Waals surface area contributed by atoms with Crippen LogP contribution in [0.1, 0.15) is 29.3 Å². The Morgan fingerprint density at radius 2 is 2.10 bits per heavy atom. The van der Waals surface area contributed by atoms with Crippen LogP contribution in [0.3, 0.4) is 0 Å². The van der Waals surface area contributed by atoms with Crippen LogP contribution in [0.5, 0.6) is 0 Å². The van der Waals surface area contributed by atoms with Crippen LogP contribution in [0, 0.1) is 18.7 Å². The maximum absolute atomic E-state index is 14.2.